The number of carbonyl (C=O) groups excluding carboxylic acids is 2. The lowest BCUT2D eigenvalue weighted by molar-refractivity contribution is 0.0770. The van der Waals surface area contributed by atoms with Crippen LogP contribution in [0.1, 0.15) is 20.8 Å². The van der Waals surface area contributed by atoms with Crippen molar-refractivity contribution in [2.24, 2.45) is 5.73 Å². The summed E-state index contributed by atoms with van der Waals surface area (Å²) in [5.74, 6) is -1.06. The second-order valence-electron chi connectivity index (χ2n) is 7.27. The second kappa shape index (κ2) is 9.00. The molecule has 0 unspecified atom stereocenters. The van der Waals surface area contributed by atoms with E-state index in [4.69, 9.17) is 28.9 Å². The minimum atomic E-state index is -3.08. The maximum absolute atomic E-state index is 12.6. The predicted molar refractivity (Wildman–Crippen MR) is 124 cm³/mol. The summed E-state index contributed by atoms with van der Waals surface area (Å²) in [5.41, 5.74) is 6.54. The molecule has 1 aliphatic rings. The molecule has 0 aliphatic carbocycles. The Hall–Kier alpha value is -3.15. The highest BCUT2D eigenvalue weighted by Crippen LogP contribution is 2.29. The quantitative estimate of drug-likeness (QED) is 0.538. The van der Waals surface area contributed by atoms with Crippen LogP contribution in [0.3, 0.4) is 0 Å². The predicted octanol–water partition coefficient (Wildman–Crippen LogP) is 2.29. The molecule has 4 rings (SSSR count). The van der Waals surface area contributed by atoms with Gasteiger partial charge in [0.25, 0.3) is 11.8 Å². The molecule has 10 nitrogen and oxygen atoms in total. The van der Waals surface area contributed by atoms with E-state index in [1.54, 1.807) is 42.5 Å². The zero-order valence-electron chi connectivity index (χ0n) is 17.0. The van der Waals surface area contributed by atoms with Crippen molar-refractivity contribution in [2.75, 3.05) is 29.9 Å². The number of nitrogens with zero attached hydrogens (tertiary/aromatic N) is 4. The molecule has 2 aromatic carbocycles. The van der Waals surface area contributed by atoms with Gasteiger partial charge in [-0.15, -0.1) is 15.0 Å². The van der Waals surface area contributed by atoms with Crippen molar-refractivity contribution in [1.82, 2.24) is 19.9 Å². The normalized spacial score (nSPS) is 15.3. The summed E-state index contributed by atoms with van der Waals surface area (Å²) >= 11 is 12.4. The van der Waals surface area contributed by atoms with E-state index >= 15 is 0 Å². The molecule has 3 aromatic rings. The van der Waals surface area contributed by atoms with Gasteiger partial charge in [-0.3, -0.25) is 9.59 Å². The Bertz CT molecular complexity index is 1310. The van der Waals surface area contributed by atoms with Crippen molar-refractivity contribution in [1.29, 1.82) is 0 Å². The average Bonchev–Trinajstić information content (AvgIpc) is 3.17. The Balaban J connectivity index is 1.55. The third-order valence-electron chi connectivity index (χ3n) is 5.01. The zero-order valence-corrected chi connectivity index (χ0v) is 19.4. The number of aromatic nitrogens is 3. The first-order valence-corrected chi connectivity index (χ1v) is 12.3. The summed E-state index contributed by atoms with van der Waals surface area (Å²) in [5, 5.41) is 11.9. The van der Waals surface area contributed by atoms with Crippen molar-refractivity contribution in [3.63, 3.8) is 0 Å². The highest BCUT2D eigenvalue weighted by Gasteiger charge is 2.26. The number of primary amides is 1. The number of rotatable bonds is 5. The van der Waals surface area contributed by atoms with Gasteiger partial charge in [0.15, 0.2) is 21.3 Å². The van der Waals surface area contributed by atoms with Crippen molar-refractivity contribution >= 4 is 56.4 Å². The largest absolute Gasteiger partial charge is 0.364 e. The molecule has 0 atom stereocenters. The fraction of sp³-hybridized carbons (Fsp3) is 0.200. The highest BCUT2D eigenvalue weighted by molar-refractivity contribution is 7.91. The van der Waals surface area contributed by atoms with Crippen LogP contribution in [0.4, 0.5) is 11.5 Å². The van der Waals surface area contributed by atoms with Crippen molar-refractivity contribution in [3.05, 3.63) is 63.8 Å². The molecule has 172 valence electrons. The number of para-hydroxylation sites is 1. The van der Waals surface area contributed by atoms with Gasteiger partial charge in [0, 0.05) is 24.3 Å². The summed E-state index contributed by atoms with van der Waals surface area (Å²) in [7, 11) is -3.08. The number of nitrogens with two attached hydrogens (primary N) is 1. The standard InChI is InChI=1S/C20H18Cl2N6O4S/c21-14-2-1-3-15(22)17(14)28-25-16(18(23)29)19(26-28)24-13-6-4-12(5-7-13)20(30)27-8-10-33(31,32)11-9-27/h1-7H,8-11H2,(H2,23,29)(H,24,26). The Morgan fingerprint density at radius 3 is 2.15 bits per heavy atom. The Morgan fingerprint density at radius 1 is 0.970 bits per heavy atom. The van der Waals surface area contributed by atoms with E-state index in [0.717, 1.165) is 4.80 Å². The van der Waals surface area contributed by atoms with Crippen LogP contribution in [0.15, 0.2) is 42.5 Å². The summed E-state index contributed by atoms with van der Waals surface area (Å²) in [4.78, 5) is 27.2. The molecule has 1 aromatic heterocycles. The van der Waals surface area contributed by atoms with Crippen LogP contribution in [0.25, 0.3) is 5.69 Å². The summed E-state index contributed by atoms with van der Waals surface area (Å²) in [6.45, 7) is 0.327. The fourth-order valence-corrected chi connectivity index (χ4v) is 5.02. The number of carbonyl (C=O) groups is 2. The smallest absolute Gasteiger partial charge is 0.273 e. The number of anilines is 2. The van der Waals surface area contributed by atoms with E-state index in [9.17, 15) is 18.0 Å². The molecule has 2 heterocycles. The van der Waals surface area contributed by atoms with E-state index < -0.39 is 15.7 Å². The fourth-order valence-electron chi connectivity index (χ4n) is 3.27. The Morgan fingerprint density at radius 2 is 1.58 bits per heavy atom. The third-order valence-corrected chi connectivity index (χ3v) is 7.23. The summed E-state index contributed by atoms with van der Waals surface area (Å²) < 4.78 is 23.1. The molecule has 0 saturated carbocycles. The molecular weight excluding hydrogens is 491 g/mol. The summed E-state index contributed by atoms with van der Waals surface area (Å²) in [6, 6.07) is 11.3. The third kappa shape index (κ3) is 4.95. The van der Waals surface area contributed by atoms with Crippen LogP contribution >= 0.6 is 23.2 Å². The monoisotopic (exact) mass is 508 g/mol. The van der Waals surface area contributed by atoms with Gasteiger partial charge in [-0.2, -0.15) is 0 Å². The molecule has 0 radical (unpaired) electrons. The first-order chi connectivity index (χ1) is 15.6. The lowest BCUT2D eigenvalue weighted by Gasteiger charge is -2.26. The molecule has 2 amide bonds. The molecule has 0 spiro atoms. The van der Waals surface area contributed by atoms with Gasteiger partial charge in [-0.1, -0.05) is 29.3 Å². The van der Waals surface area contributed by atoms with Gasteiger partial charge in [0.2, 0.25) is 0 Å². The van der Waals surface area contributed by atoms with E-state index in [2.05, 4.69) is 15.5 Å². The van der Waals surface area contributed by atoms with Gasteiger partial charge in [-0.25, -0.2) is 8.42 Å². The lowest BCUT2D eigenvalue weighted by Crippen LogP contribution is -2.43. The van der Waals surface area contributed by atoms with Crippen molar-refractivity contribution in [2.45, 2.75) is 0 Å². The van der Waals surface area contributed by atoms with Crippen LogP contribution in [0.5, 0.6) is 0 Å². The highest BCUT2D eigenvalue weighted by atomic mass is 35.5. The first-order valence-electron chi connectivity index (χ1n) is 9.73. The van der Waals surface area contributed by atoms with Gasteiger partial charge in [0.1, 0.15) is 5.69 Å². The van der Waals surface area contributed by atoms with Crippen molar-refractivity contribution < 1.29 is 18.0 Å². The molecule has 13 heteroatoms. The van der Waals surface area contributed by atoms with E-state index in [1.807, 2.05) is 0 Å². The molecule has 0 bridgehead atoms. The minimum Gasteiger partial charge on any atom is -0.364 e. The van der Waals surface area contributed by atoms with Gasteiger partial charge in [-0.05, 0) is 36.4 Å². The topological polar surface area (TPSA) is 140 Å². The SMILES string of the molecule is NC(=O)c1nn(-c2c(Cl)cccc2Cl)nc1Nc1ccc(C(=O)N2CCS(=O)(=O)CC2)cc1. The number of hydrogen-bond donors (Lipinski definition) is 2. The van der Waals surface area contributed by atoms with Crippen LogP contribution in [0, 0.1) is 0 Å². The minimum absolute atomic E-state index is 0.0423. The van der Waals surface area contributed by atoms with Gasteiger partial charge >= 0.3 is 0 Å². The van der Waals surface area contributed by atoms with Gasteiger partial charge < -0.3 is 16.0 Å². The number of sulfone groups is 1. The molecule has 3 N–H and O–H groups in total. The lowest BCUT2D eigenvalue weighted by atomic mass is 10.1. The number of benzene rings is 2. The number of halogens is 2. The van der Waals surface area contributed by atoms with Crippen LogP contribution in [0.2, 0.25) is 10.0 Å². The first kappa shape index (κ1) is 23.0. The maximum Gasteiger partial charge on any atom is 0.273 e. The van der Waals surface area contributed by atoms with Crippen molar-refractivity contribution in [3.8, 4) is 5.69 Å². The number of hydrogen-bond acceptors (Lipinski definition) is 7. The van der Waals surface area contributed by atoms with E-state index in [0.29, 0.717) is 16.9 Å². The van der Waals surface area contributed by atoms with Crippen LogP contribution in [-0.2, 0) is 9.84 Å². The maximum atomic E-state index is 12.6. The number of nitrogens with one attached hydrogen (secondary N) is 1. The Labute approximate surface area is 199 Å². The molecule has 1 fully saturated rings. The zero-order chi connectivity index (χ0) is 23.8. The Kier molecular flexibility index (Phi) is 6.28. The van der Waals surface area contributed by atoms with Crippen LogP contribution < -0.4 is 11.1 Å². The molecule has 1 saturated heterocycles. The number of amides is 2. The van der Waals surface area contributed by atoms with E-state index in [-0.39, 0.29) is 52.1 Å². The summed E-state index contributed by atoms with van der Waals surface area (Å²) in [6.07, 6.45) is 0. The average molecular weight is 509 g/mol. The van der Waals surface area contributed by atoms with Gasteiger partial charge in [0.05, 0.1) is 21.6 Å². The molecular formula is C20H18Cl2N6O4S. The molecule has 1 aliphatic heterocycles. The second-order valence-corrected chi connectivity index (χ2v) is 10.4. The molecule has 33 heavy (non-hydrogen) atoms. The van der Waals surface area contributed by atoms with Crippen LogP contribution in [-0.4, -0.2) is 64.7 Å². The van der Waals surface area contributed by atoms with E-state index in [1.165, 1.54) is 4.90 Å².